The maximum Gasteiger partial charge on any atom is 0.263 e. The first-order chi connectivity index (χ1) is 16.9. The molecule has 35 heavy (non-hydrogen) atoms. The highest BCUT2D eigenvalue weighted by Crippen LogP contribution is 2.33. The first-order valence-corrected chi connectivity index (χ1v) is 13.2. The Morgan fingerprint density at radius 2 is 1.74 bits per heavy atom. The SMILES string of the molecule is COc1ccc2nc3ccccc3c(NC(=S)Nc3ccc(S(=O)(=O)Nc4nccs4)cc3)c2c1. The second kappa shape index (κ2) is 9.45. The van der Waals surface area contributed by atoms with Crippen LogP contribution in [0.3, 0.4) is 0 Å². The standard InChI is InChI=1S/C24H19N5O3S3/c1-32-16-8-11-21-19(14-16)22(18-4-2-3-5-20(18)27-21)28-23(33)26-15-6-9-17(10-7-15)35(30,31)29-24-25-12-13-34-24/h2-14H,1H3,(H,25,29)(H2,26,27,28,33). The maximum absolute atomic E-state index is 12.6. The van der Waals surface area contributed by atoms with E-state index in [4.69, 9.17) is 21.9 Å². The highest BCUT2D eigenvalue weighted by Gasteiger charge is 2.16. The average Bonchev–Trinajstić information content (AvgIpc) is 3.36. The van der Waals surface area contributed by atoms with E-state index in [2.05, 4.69) is 20.3 Å². The molecule has 8 nitrogen and oxygen atoms in total. The number of benzene rings is 3. The van der Waals surface area contributed by atoms with Gasteiger partial charge in [-0.25, -0.2) is 18.4 Å². The van der Waals surface area contributed by atoms with Crippen molar-refractivity contribution in [2.24, 2.45) is 0 Å². The Hall–Kier alpha value is -3.80. The summed E-state index contributed by atoms with van der Waals surface area (Å²) >= 11 is 6.79. The zero-order valence-corrected chi connectivity index (χ0v) is 20.8. The number of hydrogen-bond acceptors (Lipinski definition) is 7. The summed E-state index contributed by atoms with van der Waals surface area (Å²) in [6, 6.07) is 19.8. The maximum atomic E-state index is 12.6. The summed E-state index contributed by atoms with van der Waals surface area (Å²) in [5.41, 5.74) is 3.07. The fraction of sp³-hybridized carbons (Fsp3) is 0.0417. The van der Waals surface area contributed by atoms with Crippen LogP contribution < -0.4 is 20.1 Å². The van der Waals surface area contributed by atoms with Crippen molar-refractivity contribution in [3.8, 4) is 5.75 Å². The van der Waals surface area contributed by atoms with Crippen molar-refractivity contribution in [2.75, 3.05) is 22.5 Å². The summed E-state index contributed by atoms with van der Waals surface area (Å²) in [6.45, 7) is 0. The van der Waals surface area contributed by atoms with Crippen molar-refractivity contribution in [1.82, 2.24) is 9.97 Å². The summed E-state index contributed by atoms with van der Waals surface area (Å²) < 4.78 is 33.0. The summed E-state index contributed by atoms with van der Waals surface area (Å²) in [6.07, 6.45) is 1.54. The van der Waals surface area contributed by atoms with Gasteiger partial charge in [0, 0.05) is 28.0 Å². The zero-order chi connectivity index (χ0) is 24.4. The number of sulfonamides is 1. The number of aromatic nitrogens is 2. The van der Waals surface area contributed by atoms with Crippen LogP contribution in [-0.4, -0.2) is 30.6 Å². The van der Waals surface area contributed by atoms with E-state index < -0.39 is 10.0 Å². The first-order valence-electron chi connectivity index (χ1n) is 10.4. The fourth-order valence-corrected chi connectivity index (χ4v) is 5.58. The number of methoxy groups -OCH3 is 1. The van der Waals surface area contributed by atoms with Crippen LogP contribution in [0.2, 0.25) is 0 Å². The smallest absolute Gasteiger partial charge is 0.263 e. The number of nitrogens with zero attached hydrogens (tertiary/aromatic N) is 2. The lowest BCUT2D eigenvalue weighted by atomic mass is 10.1. The lowest BCUT2D eigenvalue weighted by molar-refractivity contribution is 0.415. The highest BCUT2D eigenvalue weighted by atomic mass is 32.2. The van der Waals surface area contributed by atoms with Gasteiger partial charge in [0.1, 0.15) is 5.75 Å². The second-order valence-electron chi connectivity index (χ2n) is 7.43. The molecule has 5 rings (SSSR count). The zero-order valence-electron chi connectivity index (χ0n) is 18.3. The monoisotopic (exact) mass is 521 g/mol. The third-order valence-electron chi connectivity index (χ3n) is 5.20. The molecule has 0 fully saturated rings. The van der Waals surface area contributed by atoms with Crippen LogP contribution in [0.4, 0.5) is 16.5 Å². The summed E-state index contributed by atoms with van der Waals surface area (Å²) in [7, 11) is -2.11. The molecule has 176 valence electrons. The van der Waals surface area contributed by atoms with Crippen LogP contribution in [0.5, 0.6) is 5.75 Å². The molecule has 0 atom stereocenters. The first kappa shape index (κ1) is 23.0. The van der Waals surface area contributed by atoms with Crippen molar-refractivity contribution in [1.29, 1.82) is 0 Å². The molecule has 0 unspecified atom stereocenters. The van der Waals surface area contributed by atoms with Crippen LogP contribution in [0.15, 0.2) is 83.2 Å². The van der Waals surface area contributed by atoms with Crippen LogP contribution in [0.25, 0.3) is 21.8 Å². The predicted molar refractivity (Wildman–Crippen MR) is 145 cm³/mol. The van der Waals surface area contributed by atoms with E-state index >= 15 is 0 Å². The van der Waals surface area contributed by atoms with Gasteiger partial charge in [-0.15, -0.1) is 11.3 Å². The second-order valence-corrected chi connectivity index (χ2v) is 10.4. The Balaban J connectivity index is 1.40. The van der Waals surface area contributed by atoms with Gasteiger partial charge in [-0.05, 0) is 60.7 Å². The quantitative estimate of drug-likeness (QED) is 0.200. The van der Waals surface area contributed by atoms with Gasteiger partial charge in [-0.3, -0.25) is 4.72 Å². The van der Waals surface area contributed by atoms with E-state index in [0.29, 0.717) is 21.7 Å². The normalized spacial score (nSPS) is 11.3. The predicted octanol–water partition coefficient (Wildman–Crippen LogP) is 5.46. The van der Waals surface area contributed by atoms with E-state index in [-0.39, 0.29) is 4.90 Å². The van der Waals surface area contributed by atoms with Gasteiger partial charge in [-0.2, -0.15) is 0 Å². The number of pyridine rings is 1. The third kappa shape index (κ3) is 4.87. The Kier molecular flexibility index (Phi) is 6.20. The molecule has 0 aliphatic heterocycles. The molecule has 0 aliphatic rings. The molecule has 0 spiro atoms. The van der Waals surface area contributed by atoms with Gasteiger partial charge >= 0.3 is 0 Å². The number of fused-ring (bicyclic) bond motifs is 2. The van der Waals surface area contributed by atoms with E-state index in [0.717, 1.165) is 27.5 Å². The molecule has 2 heterocycles. The molecular weight excluding hydrogens is 502 g/mol. The third-order valence-corrected chi connectivity index (χ3v) is 7.58. The number of nitrogens with one attached hydrogen (secondary N) is 3. The number of thiocarbonyl (C=S) groups is 1. The number of ether oxygens (including phenoxy) is 1. The van der Waals surface area contributed by atoms with E-state index in [1.165, 1.54) is 29.7 Å². The lowest BCUT2D eigenvalue weighted by Gasteiger charge is -2.16. The largest absolute Gasteiger partial charge is 0.497 e. The molecule has 2 aromatic heterocycles. The Bertz CT molecular complexity index is 1640. The van der Waals surface area contributed by atoms with E-state index in [1.807, 2.05) is 42.5 Å². The molecule has 3 N–H and O–H groups in total. The van der Waals surface area contributed by atoms with Gasteiger partial charge in [0.25, 0.3) is 10.0 Å². The Morgan fingerprint density at radius 3 is 2.49 bits per heavy atom. The minimum Gasteiger partial charge on any atom is -0.497 e. The number of anilines is 3. The van der Waals surface area contributed by atoms with Crippen molar-refractivity contribution < 1.29 is 13.2 Å². The highest BCUT2D eigenvalue weighted by molar-refractivity contribution is 7.93. The van der Waals surface area contributed by atoms with Crippen LogP contribution in [-0.2, 0) is 10.0 Å². The molecule has 0 saturated carbocycles. The van der Waals surface area contributed by atoms with Crippen molar-refractivity contribution in [2.45, 2.75) is 4.90 Å². The molecular formula is C24H19N5O3S3. The van der Waals surface area contributed by atoms with Crippen molar-refractivity contribution in [3.63, 3.8) is 0 Å². The molecule has 0 radical (unpaired) electrons. The topological polar surface area (TPSA) is 105 Å². The number of rotatable bonds is 6. The fourth-order valence-electron chi connectivity index (χ4n) is 3.57. The van der Waals surface area contributed by atoms with Crippen molar-refractivity contribution >= 4 is 77.0 Å². The van der Waals surface area contributed by atoms with Gasteiger partial charge in [0.15, 0.2) is 10.2 Å². The molecule has 0 saturated heterocycles. The van der Waals surface area contributed by atoms with Crippen LogP contribution in [0.1, 0.15) is 0 Å². The Morgan fingerprint density at radius 1 is 0.971 bits per heavy atom. The lowest BCUT2D eigenvalue weighted by Crippen LogP contribution is -2.20. The van der Waals surface area contributed by atoms with E-state index in [1.54, 1.807) is 24.6 Å². The summed E-state index contributed by atoms with van der Waals surface area (Å²) in [4.78, 5) is 8.82. The van der Waals surface area contributed by atoms with E-state index in [9.17, 15) is 8.42 Å². The van der Waals surface area contributed by atoms with Crippen LogP contribution in [0, 0.1) is 0 Å². The summed E-state index contributed by atoms with van der Waals surface area (Å²) in [5.74, 6) is 0.708. The summed E-state index contributed by atoms with van der Waals surface area (Å²) in [5, 5.41) is 10.5. The number of hydrogen-bond donors (Lipinski definition) is 3. The number of thiazole rings is 1. The average molecular weight is 522 g/mol. The molecule has 0 aliphatic carbocycles. The van der Waals surface area contributed by atoms with Gasteiger partial charge in [-0.1, -0.05) is 18.2 Å². The molecule has 0 bridgehead atoms. The van der Waals surface area contributed by atoms with Gasteiger partial charge in [0.2, 0.25) is 0 Å². The van der Waals surface area contributed by atoms with Gasteiger partial charge < -0.3 is 15.4 Å². The number of para-hydroxylation sites is 1. The van der Waals surface area contributed by atoms with Crippen LogP contribution >= 0.6 is 23.6 Å². The van der Waals surface area contributed by atoms with Crippen molar-refractivity contribution in [3.05, 3.63) is 78.3 Å². The minimum atomic E-state index is -3.73. The molecule has 0 amide bonds. The molecule has 5 aromatic rings. The molecule has 3 aromatic carbocycles. The van der Waals surface area contributed by atoms with Gasteiger partial charge in [0.05, 0.1) is 28.7 Å². The Labute approximate surface area is 211 Å². The molecule has 11 heteroatoms. The minimum absolute atomic E-state index is 0.121.